The van der Waals surface area contributed by atoms with E-state index < -0.39 is 5.97 Å². The summed E-state index contributed by atoms with van der Waals surface area (Å²) in [7, 11) is 0. The Balaban J connectivity index is 2.08. The molecule has 0 aliphatic heterocycles. The lowest BCUT2D eigenvalue weighted by Gasteiger charge is -2.20. The summed E-state index contributed by atoms with van der Waals surface area (Å²) in [5, 5.41) is 9.60. The second kappa shape index (κ2) is 5.07. The van der Waals surface area contributed by atoms with Gasteiger partial charge in [0, 0.05) is 17.6 Å². The van der Waals surface area contributed by atoms with Crippen LogP contribution in [0, 0.1) is 6.92 Å². The molecule has 1 aromatic rings. The van der Waals surface area contributed by atoms with Gasteiger partial charge >= 0.3 is 5.97 Å². The van der Waals surface area contributed by atoms with E-state index in [4.69, 9.17) is 16.7 Å². The number of carboxylic acids is 1. The smallest absolute Gasteiger partial charge is 0.317 e. The van der Waals surface area contributed by atoms with Crippen LogP contribution in [0.15, 0.2) is 18.2 Å². The maximum Gasteiger partial charge on any atom is 0.317 e. The van der Waals surface area contributed by atoms with Gasteiger partial charge in [-0.05, 0) is 37.0 Å². The van der Waals surface area contributed by atoms with Crippen LogP contribution < -0.4 is 0 Å². The molecule has 2 rings (SSSR count). The quantitative estimate of drug-likeness (QED) is 0.877. The number of rotatable bonds is 5. The standard InChI is InChI=1S/C13H16ClNO2/c1-9-2-3-10(12(14)6-9)7-15(8-13(16)17)11-4-5-11/h2-3,6,11H,4-5,7-8H2,1H3,(H,16,17). The fourth-order valence-corrected chi connectivity index (χ4v) is 2.22. The summed E-state index contributed by atoms with van der Waals surface area (Å²) >= 11 is 6.16. The number of nitrogens with zero attached hydrogens (tertiary/aromatic N) is 1. The van der Waals surface area contributed by atoms with Gasteiger partial charge in [-0.3, -0.25) is 9.69 Å². The van der Waals surface area contributed by atoms with Crippen molar-refractivity contribution in [3.05, 3.63) is 34.3 Å². The van der Waals surface area contributed by atoms with Crippen molar-refractivity contribution in [1.29, 1.82) is 0 Å². The third-order valence-corrected chi connectivity index (χ3v) is 3.34. The molecule has 17 heavy (non-hydrogen) atoms. The van der Waals surface area contributed by atoms with E-state index in [9.17, 15) is 4.79 Å². The van der Waals surface area contributed by atoms with Gasteiger partial charge in [-0.15, -0.1) is 0 Å². The lowest BCUT2D eigenvalue weighted by molar-refractivity contribution is -0.138. The van der Waals surface area contributed by atoms with Gasteiger partial charge in [0.05, 0.1) is 6.54 Å². The SMILES string of the molecule is Cc1ccc(CN(CC(=O)O)C2CC2)c(Cl)c1. The Kier molecular flexibility index (Phi) is 3.69. The van der Waals surface area contributed by atoms with E-state index in [-0.39, 0.29) is 6.54 Å². The van der Waals surface area contributed by atoms with Crippen LogP contribution >= 0.6 is 11.6 Å². The second-order valence-corrected chi connectivity index (χ2v) is 5.03. The van der Waals surface area contributed by atoms with Crippen molar-refractivity contribution in [2.24, 2.45) is 0 Å². The van der Waals surface area contributed by atoms with Crippen LogP contribution in [0.1, 0.15) is 24.0 Å². The average molecular weight is 254 g/mol. The predicted molar refractivity (Wildman–Crippen MR) is 67.3 cm³/mol. The van der Waals surface area contributed by atoms with Crippen molar-refractivity contribution < 1.29 is 9.90 Å². The molecule has 1 aliphatic rings. The van der Waals surface area contributed by atoms with E-state index in [0.717, 1.165) is 29.0 Å². The molecule has 1 fully saturated rings. The number of hydrogen-bond donors (Lipinski definition) is 1. The number of hydrogen-bond acceptors (Lipinski definition) is 2. The van der Waals surface area contributed by atoms with E-state index in [2.05, 4.69) is 0 Å². The maximum absolute atomic E-state index is 10.8. The van der Waals surface area contributed by atoms with Crippen LogP contribution in [0.5, 0.6) is 0 Å². The van der Waals surface area contributed by atoms with Crippen LogP contribution in [0.2, 0.25) is 5.02 Å². The lowest BCUT2D eigenvalue weighted by Crippen LogP contribution is -2.31. The highest BCUT2D eigenvalue weighted by Crippen LogP contribution is 2.29. The van der Waals surface area contributed by atoms with Gasteiger partial charge in [0.25, 0.3) is 0 Å². The molecule has 0 aromatic heterocycles. The first-order chi connectivity index (χ1) is 8.06. The normalized spacial score (nSPS) is 15.2. The van der Waals surface area contributed by atoms with E-state index >= 15 is 0 Å². The maximum atomic E-state index is 10.8. The van der Waals surface area contributed by atoms with Crippen LogP contribution in [0.3, 0.4) is 0 Å². The minimum atomic E-state index is -0.778. The molecule has 1 aliphatic carbocycles. The molecule has 0 heterocycles. The molecule has 1 N–H and O–H groups in total. The lowest BCUT2D eigenvalue weighted by atomic mass is 10.1. The van der Waals surface area contributed by atoms with Gasteiger partial charge in [-0.2, -0.15) is 0 Å². The zero-order chi connectivity index (χ0) is 12.4. The Morgan fingerprint density at radius 3 is 2.76 bits per heavy atom. The first-order valence-electron chi connectivity index (χ1n) is 5.77. The highest BCUT2D eigenvalue weighted by atomic mass is 35.5. The minimum Gasteiger partial charge on any atom is -0.480 e. The number of aryl methyl sites for hydroxylation is 1. The van der Waals surface area contributed by atoms with Crippen LogP contribution in [0.25, 0.3) is 0 Å². The van der Waals surface area contributed by atoms with Crippen molar-refractivity contribution in [3.8, 4) is 0 Å². The van der Waals surface area contributed by atoms with E-state index in [1.165, 1.54) is 0 Å². The molecule has 0 spiro atoms. The third-order valence-electron chi connectivity index (χ3n) is 2.98. The number of benzene rings is 1. The molecule has 4 heteroatoms. The van der Waals surface area contributed by atoms with Crippen LogP contribution in [0.4, 0.5) is 0 Å². The van der Waals surface area contributed by atoms with Crippen molar-refractivity contribution in [1.82, 2.24) is 4.90 Å². The molecule has 1 aromatic carbocycles. The zero-order valence-corrected chi connectivity index (χ0v) is 10.6. The Morgan fingerprint density at radius 2 is 2.24 bits per heavy atom. The molecule has 0 bridgehead atoms. The van der Waals surface area contributed by atoms with E-state index in [0.29, 0.717) is 12.6 Å². The summed E-state index contributed by atoms with van der Waals surface area (Å²) in [6.45, 7) is 2.70. The molecule has 0 unspecified atom stereocenters. The first kappa shape index (κ1) is 12.4. The van der Waals surface area contributed by atoms with Crippen molar-refractivity contribution in [2.75, 3.05) is 6.54 Å². The summed E-state index contributed by atoms with van der Waals surface area (Å²) in [6.07, 6.45) is 2.19. The molecular weight excluding hydrogens is 238 g/mol. The van der Waals surface area contributed by atoms with E-state index in [1.807, 2.05) is 30.0 Å². The van der Waals surface area contributed by atoms with Gasteiger partial charge < -0.3 is 5.11 Å². The van der Waals surface area contributed by atoms with Gasteiger partial charge in [0.1, 0.15) is 0 Å². The van der Waals surface area contributed by atoms with Gasteiger partial charge in [-0.25, -0.2) is 0 Å². The summed E-state index contributed by atoms with van der Waals surface area (Å²) in [5.74, 6) is -0.778. The molecule has 0 amide bonds. The predicted octanol–water partition coefficient (Wildman–Crippen LogP) is 2.70. The van der Waals surface area contributed by atoms with Gasteiger partial charge in [-0.1, -0.05) is 23.7 Å². The van der Waals surface area contributed by atoms with Crippen molar-refractivity contribution in [2.45, 2.75) is 32.4 Å². The average Bonchev–Trinajstić information content (AvgIpc) is 3.03. The van der Waals surface area contributed by atoms with E-state index in [1.54, 1.807) is 0 Å². The Hall–Kier alpha value is -1.06. The number of halogens is 1. The number of carbonyl (C=O) groups is 1. The van der Waals surface area contributed by atoms with Crippen molar-refractivity contribution >= 4 is 17.6 Å². The molecule has 92 valence electrons. The summed E-state index contributed by atoms with van der Waals surface area (Å²) in [4.78, 5) is 12.8. The third kappa shape index (κ3) is 3.45. The fraction of sp³-hybridized carbons (Fsp3) is 0.462. The minimum absolute atomic E-state index is 0.0921. The molecule has 3 nitrogen and oxygen atoms in total. The highest BCUT2D eigenvalue weighted by molar-refractivity contribution is 6.31. The second-order valence-electron chi connectivity index (χ2n) is 4.62. The molecule has 1 saturated carbocycles. The largest absolute Gasteiger partial charge is 0.480 e. The van der Waals surface area contributed by atoms with Crippen molar-refractivity contribution in [3.63, 3.8) is 0 Å². The molecule has 0 radical (unpaired) electrons. The summed E-state index contributed by atoms with van der Waals surface area (Å²) in [6, 6.07) is 6.33. The van der Waals surface area contributed by atoms with Crippen LogP contribution in [-0.4, -0.2) is 28.6 Å². The highest BCUT2D eigenvalue weighted by Gasteiger charge is 2.30. The van der Waals surface area contributed by atoms with Gasteiger partial charge in [0.2, 0.25) is 0 Å². The molecule has 0 saturated heterocycles. The topological polar surface area (TPSA) is 40.5 Å². The fourth-order valence-electron chi connectivity index (χ4n) is 1.93. The monoisotopic (exact) mass is 253 g/mol. The Morgan fingerprint density at radius 1 is 1.53 bits per heavy atom. The molecular formula is C13H16ClNO2. The summed E-state index contributed by atoms with van der Waals surface area (Å²) < 4.78 is 0. The first-order valence-corrected chi connectivity index (χ1v) is 6.15. The summed E-state index contributed by atoms with van der Waals surface area (Å²) in [5.41, 5.74) is 2.13. The Labute approximate surface area is 106 Å². The number of carboxylic acid groups (broad SMARTS) is 1. The van der Waals surface area contributed by atoms with Crippen LogP contribution in [-0.2, 0) is 11.3 Å². The molecule has 0 atom stereocenters. The number of aliphatic carboxylic acids is 1. The Bertz CT molecular complexity index is 429. The van der Waals surface area contributed by atoms with Gasteiger partial charge in [0.15, 0.2) is 0 Å². The zero-order valence-electron chi connectivity index (χ0n) is 9.82.